The van der Waals surface area contributed by atoms with Gasteiger partial charge in [-0.1, -0.05) is 26.3 Å². The Morgan fingerprint density at radius 1 is 1.50 bits per heavy atom. The molecule has 16 heavy (non-hydrogen) atoms. The third kappa shape index (κ3) is 1.86. The van der Waals surface area contributed by atoms with Crippen LogP contribution in [0.3, 0.4) is 0 Å². The van der Waals surface area contributed by atoms with E-state index in [0.717, 1.165) is 37.8 Å². The molecule has 1 aromatic heterocycles. The van der Waals surface area contributed by atoms with Crippen LogP contribution < -0.4 is 0 Å². The Bertz CT molecular complexity index is 364. The molecule has 0 saturated heterocycles. The maximum Gasteiger partial charge on any atom is 0.0728 e. The van der Waals surface area contributed by atoms with Crippen LogP contribution in [-0.4, -0.2) is 15.7 Å². The first kappa shape index (κ1) is 11.6. The minimum Gasteiger partial charge on any atom is -0.389 e. The Hall–Kier alpha value is -0.890. The Labute approximate surface area is 97.7 Å². The standard InChI is InChI=1S/C14H21NO/c1-3-9-14(16,4-2)12-8-7-11-6-5-10-15-13(11)12/h5-6,10,12,16H,3-4,7-9H2,1-2H3. The summed E-state index contributed by atoms with van der Waals surface area (Å²) in [6.07, 6.45) is 6.70. The van der Waals surface area contributed by atoms with Crippen molar-refractivity contribution < 1.29 is 5.11 Å². The number of aryl methyl sites for hydroxylation is 1. The summed E-state index contributed by atoms with van der Waals surface area (Å²) in [6, 6.07) is 4.14. The van der Waals surface area contributed by atoms with E-state index in [1.54, 1.807) is 0 Å². The normalized spacial score (nSPS) is 22.8. The third-order valence-corrected chi connectivity index (χ3v) is 3.90. The van der Waals surface area contributed by atoms with Crippen molar-refractivity contribution in [3.05, 3.63) is 29.6 Å². The lowest BCUT2D eigenvalue weighted by Gasteiger charge is -2.33. The molecular formula is C14H21NO. The molecule has 1 heterocycles. The van der Waals surface area contributed by atoms with Crippen LogP contribution in [0.25, 0.3) is 0 Å². The van der Waals surface area contributed by atoms with Crippen LogP contribution in [0.5, 0.6) is 0 Å². The van der Waals surface area contributed by atoms with Gasteiger partial charge in [0.1, 0.15) is 0 Å². The van der Waals surface area contributed by atoms with Gasteiger partial charge >= 0.3 is 0 Å². The average Bonchev–Trinajstić information content (AvgIpc) is 2.73. The predicted molar refractivity (Wildman–Crippen MR) is 65.4 cm³/mol. The number of nitrogens with zero attached hydrogens (tertiary/aromatic N) is 1. The number of aromatic nitrogens is 1. The molecule has 2 atom stereocenters. The van der Waals surface area contributed by atoms with E-state index in [2.05, 4.69) is 24.9 Å². The molecule has 1 N–H and O–H groups in total. The van der Waals surface area contributed by atoms with Crippen molar-refractivity contribution >= 4 is 0 Å². The first-order valence-electron chi connectivity index (χ1n) is 6.37. The molecule has 1 aliphatic carbocycles. The molecule has 0 aromatic carbocycles. The summed E-state index contributed by atoms with van der Waals surface area (Å²) in [5, 5.41) is 10.7. The van der Waals surface area contributed by atoms with E-state index in [1.165, 1.54) is 5.56 Å². The van der Waals surface area contributed by atoms with Crippen molar-refractivity contribution in [3.63, 3.8) is 0 Å². The lowest BCUT2D eigenvalue weighted by atomic mass is 9.80. The number of pyridine rings is 1. The minimum absolute atomic E-state index is 0.244. The average molecular weight is 219 g/mol. The van der Waals surface area contributed by atoms with Crippen molar-refractivity contribution in [2.45, 2.75) is 57.5 Å². The highest BCUT2D eigenvalue weighted by atomic mass is 16.3. The molecule has 88 valence electrons. The molecule has 1 aliphatic rings. The highest BCUT2D eigenvalue weighted by Crippen LogP contribution is 2.42. The zero-order valence-electron chi connectivity index (χ0n) is 10.2. The lowest BCUT2D eigenvalue weighted by molar-refractivity contribution is -0.00175. The van der Waals surface area contributed by atoms with Crippen LogP contribution in [0.4, 0.5) is 0 Å². The molecule has 0 spiro atoms. The van der Waals surface area contributed by atoms with E-state index < -0.39 is 5.60 Å². The second-order valence-electron chi connectivity index (χ2n) is 4.85. The fourth-order valence-corrected chi connectivity index (χ4v) is 2.97. The highest BCUT2D eigenvalue weighted by molar-refractivity contribution is 5.31. The second-order valence-corrected chi connectivity index (χ2v) is 4.85. The van der Waals surface area contributed by atoms with E-state index in [-0.39, 0.29) is 5.92 Å². The van der Waals surface area contributed by atoms with Crippen molar-refractivity contribution in [2.75, 3.05) is 0 Å². The fourth-order valence-electron chi connectivity index (χ4n) is 2.97. The Morgan fingerprint density at radius 2 is 2.31 bits per heavy atom. The van der Waals surface area contributed by atoms with Gasteiger partial charge in [-0.25, -0.2) is 0 Å². The number of hydrogen-bond acceptors (Lipinski definition) is 2. The van der Waals surface area contributed by atoms with E-state index in [9.17, 15) is 5.11 Å². The van der Waals surface area contributed by atoms with Gasteiger partial charge in [0.25, 0.3) is 0 Å². The summed E-state index contributed by atoms with van der Waals surface area (Å²) in [5.74, 6) is 0.244. The van der Waals surface area contributed by atoms with Crippen LogP contribution in [0, 0.1) is 0 Å². The molecule has 0 bridgehead atoms. The van der Waals surface area contributed by atoms with Gasteiger partial charge in [0.05, 0.1) is 5.60 Å². The molecule has 0 amide bonds. The topological polar surface area (TPSA) is 33.1 Å². The number of hydrogen-bond donors (Lipinski definition) is 1. The van der Waals surface area contributed by atoms with E-state index in [0.29, 0.717) is 0 Å². The first-order chi connectivity index (χ1) is 7.71. The predicted octanol–water partition coefficient (Wildman–Crippen LogP) is 3.05. The number of rotatable bonds is 4. The molecule has 2 nitrogen and oxygen atoms in total. The van der Waals surface area contributed by atoms with Crippen molar-refractivity contribution in [1.82, 2.24) is 4.98 Å². The van der Waals surface area contributed by atoms with E-state index >= 15 is 0 Å². The van der Waals surface area contributed by atoms with Crippen LogP contribution in [0.15, 0.2) is 18.3 Å². The highest BCUT2D eigenvalue weighted by Gasteiger charge is 2.39. The van der Waals surface area contributed by atoms with Gasteiger partial charge in [-0.2, -0.15) is 0 Å². The molecule has 2 rings (SSSR count). The number of fused-ring (bicyclic) bond motifs is 1. The third-order valence-electron chi connectivity index (χ3n) is 3.90. The van der Waals surface area contributed by atoms with Crippen LogP contribution in [0.1, 0.15) is 56.7 Å². The van der Waals surface area contributed by atoms with E-state index in [1.807, 2.05) is 12.3 Å². The fraction of sp³-hybridized carbons (Fsp3) is 0.643. The van der Waals surface area contributed by atoms with Crippen molar-refractivity contribution in [3.8, 4) is 0 Å². The molecular weight excluding hydrogens is 198 g/mol. The first-order valence-corrected chi connectivity index (χ1v) is 6.37. The Morgan fingerprint density at radius 3 is 3.00 bits per heavy atom. The smallest absolute Gasteiger partial charge is 0.0728 e. The quantitative estimate of drug-likeness (QED) is 0.844. The minimum atomic E-state index is -0.547. The van der Waals surface area contributed by atoms with Gasteiger partial charge in [-0.05, 0) is 37.3 Å². The van der Waals surface area contributed by atoms with Crippen LogP contribution in [0.2, 0.25) is 0 Å². The summed E-state index contributed by atoms with van der Waals surface area (Å²) in [7, 11) is 0. The van der Waals surface area contributed by atoms with Gasteiger partial charge < -0.3 is 5.11 Å². The van der Waals surface area contributed by atoms with Gasteiger partial charge in [0, 0.05) is 17.8 Å². The molecule has 2 unspecified atom stereocenters. The van der Waals surface area contributed by atoms with E-state index in [4.69, 9.17) is 0 Å². The second kappa shape index (κ2) is 4.54. The van der Waals surface area contributed by atoms with Gasteiger partial charge in [0.15, 0.2) is 0 Å². The molecule has 1 aromatic rings. The summed E-state index contributed by atoms with van der Waals surface area (Å²) in [5.41, 5.74) is 1.92. The Balaban J connectivity index is 2.29. The van der Waals surface area contributed by atoms with Crippen LogP contribution >= 0.6 is 0 Å². The molecule has 0 fully saturated rings. The van der Waals surface area contributed by atoms with Crippen molar-refractivity contribution in [2.24, 2.45) is 0 Å². The summed E-state index contributed by atoms with van der Waals surface area (Å²) >= 11 is 0. The van der Waals surface area contributed by atoms with Gasteiger partial charge in [0.2, 0.25) is 0 Å². The zero-order chi connectivity index (χ0) is 11.6. The monoisotopic (exact) mass is 219 g/mol. The largest absolute Gasteiger partial charge is 0.389 e. The summed E-state index contributed by atoms with van der Waals surface area (Å²) < 4.78 is 0. The van der Waals surface area contributed by atoms with Crippen molar-refractivity contribution in [1.29, 1.82) is 0 Å². The summed E-state index contributed by atoms with van der Waals surface area (Å²) in [4.78, 5) is 4.48. The maximum absolute atomic E-state index is 10.7. The lowest BCUT2D eigenvalue weighted by Crippen LogP contribution is -2.34. The summed E-state index contributed by atoms with van der Waals surface area (Å²) in [6.45, 7) is 4.21. The zero-order valence-corrected chi connectivity index (χ0v) is 10.2. The van der Waals surface area contributed by atoms with Crippen LogP contribution in [-0.2, 0) is 6.42 Å². The van der Waals surface area contributed by atoms with Gasteiger partial charge in [-0.15, -0.1) is 0 Å². The van der Waals surface area contributed by atoms with Gasteiger partial charge in [-0.3, -0.25) is 4.98 Å². The number of aliphatic hydroxyl groups is 1. The molecule has 2 heteroatoms. The SMILES string of the molecule is CCCC(O)(CC)C1CCc2cccnc21. The molecule has 0 radical (unpaired) electrons. The molecule has 0 saturated carbocycles. The Kier molecular flexibility index (Phi) is 3.29. The maximum atomic E-state index is 10.7. The molecule has 0 aliphatic heterocycles.